The van der Waals surface area contributed by atoms with Crippen LogP contribution in [0.2, 0.25) is 5.02 Å². The molecule has 2 amide bonds. The van der Waals surface area contributed by atoms with Crippen LogP contribution >= 0.6 is 39.1 Å². The van der Waals surface area contributed by atoms with Gasteiger partial charge in [0.1, 0.15) is 5.82 Å². The first-order chi connectivity index (χ1) is 22.5. The molecule has 11 heteroatoms. The lowest BCUT2D eigenvalue weighted by Gasteiger charge is -2.25. The fourth-order valence-corrected chi connectivity index (χ4v) is 7.41. The Labute approximate surface area is 289 Å². The van der Waals surface area contributed by atoms with Gasteiger partial charge in [0, 0.05) is 33.3 Å². The number of nitrogens with zero attached hydrogens (tertiary/aromatic N) is 2. The lowest BCUT2D eigenvalue weighted by Crippen LogP contribution is -2.30. The van der Waals surface area contributed by atoms with Crippen LogP contribution in [0, 0.1) is 30.5 Å². The first-order valence-corrected chi connectivity index (χ1v) is 17.0. The maximum atomic E-state index is 13.8. The number of aromatic nitrogens is 1. The van der Waals surface area contributed by atoms with Crippen molar-refractivity contribution in [1.29, 1.82) is 0 Å². The van der Waals surface area contributed by atoms with Crippen molar-refractivity contribution in [2.45, 2.75) is 45.6 Å². The van der Waals surface area contributed by atoms with Gasteiger partial charge in [0.2, 0.25) is 17.6 Å². The van der Waals surface area contributed by atoms with Crippen LogP contribution < -0.4 is 4.90 Å². The Balaban J connectivity index is 1.36. The predicted octanol–water partition coefficient (Wildman–Crippen LogP) is 8.73. The number of aryl methyl sites for hydroxylation is 1. The summed E-state index contributed by atoms with van der Waals surface area (Å²) in [5, 5.41) is 0.873. The number of anilines is 1. The van der Waals surface area contributed by atoms with Crippen molar-refractivity contribution >= 4 is 79.3 Å². The zero-order valence-electron chi connectivity index (χ0n) is 25.6. The quantitative estimate of drug-likeness (QED) is 0.0777. The normalized spacial score (nSPS) is 20.0. The molecule has 4 aromatic rings. The average Bonchev–Trinajstić information content (AvgIpc) is 3.31. The number of imide groups is 1. The van der Waals surface area contributed by atoms with Gasteiger partial charge < -0.3 is 4.74 Å². The summed E-state index contributed by atoms with van der Waals surface area (Å²) >= 11 is 16.0. The smallest absolute Gasteiger partial charge is 0.339 e. The molecule has 1 aromatic heterocycles. The highest BCUT2D eigenvalue weighted by Gasteiger charge is 2.50. The Hall–Kier alpha value is -3.66. The third-order valence-corrected chi connectivity index (χ3v) is 10.7. The van der Waals surface area contributed by atoms with Crippen molar-refractivity contribution in [3.8, 4) is 11.3 Å². The number of pyridine rings is 1. The molecule has 1 saturated carbocycles. The second-order valence-electron chi connectivity index (χ2n) is 12.2. The summed E-state index contributed by atoms with van der Waals surface area (Å²) in [5.41, 5.74) is 2.92. The monoisotopic (exact) mass is 738 g/mol. The van der Waals surface area contributed by atoms with E-state index in [1.165, 1.54) is 17.0 Å². The van der Waals surface area contributed by atoms with Crippen molar-refractivity contribution in [2.24, 2.45) is 17.8 Å². The van der Waals surface area contributed by atoms with Gasteiger partial charge in [-0.3, -0.25) is 19.3 Å². The van der Waals surface area contributed by atoms with Gasteiger partial charge in [-0.2, -0.15) is 0 Å². The standard InChI is InChI=1S/C36H30BrCl2FN2O5/c1-18-3-12-24-26(15-18)35(45)42(34(24)44)23-10-6-20(7-11-23)29-17-27(25-16-28(37)31(39)19(2)32(25)41-29)36(46)47-30(13-14-38)33(43)21-4-8-22(40)9-5-21/h4-11,16-18,24,26,30H,3,12-15H2,1-2H3. The number of alkyl halides is 1. The first kappa shape index (κ1) is 33.2. The van der Waals surface area contributed by atoms with Gasteiger partial charge in [0.15, 0.2) is 6.10 Å². The Morgan fingerprint density at radius 2 is 1.72 bits per heavy atom. The summed E-state index contributed by atoms with van der Waals surface area (Å²) in [6, 6.07) is 15.1. The molecular formula is C36H30BrCl2FN2O5. The van der Waals surface area contributed by atoms with Crippen LogP contribution in [0.1, 0.15) is 58.9 Å². The minimum atomic E-state index is -1.21. The van der Waals surface area contributed by atoms with Gasteiger partial charge in [-0.05, 0) is 102 Å². The fourth-order valence-electron chi connectivity index (χ4n) is 6.54. The number of amides is 2. The first-order valence-electron chi connectivity index (χ1n) is 15.3. The van der Waals surface area contributed by atoms with E-state index in [9.17, 15) is 23.6 Å². The number of fused-ring (bicyclic) bond motifs is 2. The molecular weight excluding hydrogens is 710 g/mol. The number of hydrogen-bond acceptors (Lipinski definition) is 6. The topological polar surface area (TPSA) is 93.6 Å². The Kier molecular flexibility index (Phi) is 9.52. The predicted molar refractivity (Wildman–Crippen MR) is 182 cm³/mol. The fraction of sp³-hybridized carbons (Fsp3) is 0.306. The van der Waals surface area contributed by atoms with E-state index in [4.69, 9.17) is 32.9 Å². The molecule has 2 fully saturated rings. The molecule has 4 atom stereocenters. The zero-order chi connectivity index (χ0) is 33.6. The Morgan fingerprint density at radius 1 is 1.04 bits per heavy atom. The van der Waals surface area contributed by atoms with E-state index in [-0.39, 0.29) is 47.1 Å². The molecule has 2 aliphatic rings. The van der Waals surface area contributed by atoms with E-state index in [0.717, 1.165) is 18.6 Å². The summed E-state index contributed by atoms with van der Waals surface area (Å²) in [4.78, 5) is 59.7. The molecule has 1 aliphatic carbocycles. The van der Waals surface area contributed by atoms with E-state index in [1.807, 2.05) is 0 Å². The van der Waals surface area contributed by atoms with E-state index < -0.39 is 23.7 Å². The van der Waals surface area contributed by atoms with E-state index >= 15 is 0 Å². The van der Waals surface area contributed by atoms with Crippen LogP contribution in [0.5, 0.6) is 0 Å². The van der Waals surface area contributed by atoms with Crippen LogP contribution in [0.15, 0.2) is 65.1 Å². The number of esters is 1. The number of halogens is 4. The number of carbonyl (C=O) groups excluding carboxylic acids is 4. The number of hydrogen-bond donors (Lipinski definition) is 0. The van der Waals surface area contributed by atoms with Gasteiger partial charge in [0.05, 0.1) is 39.3 Å². The van der Waals surface area contributed by atoms with E-state index in [0.29, 0.717) is 61.7 Å². The van der Waals surface area contributed by atoms with Crippen LogP contribution in [0.3, 0.4) is 0 Å². The third kappa shape index (κ3) is 6.33. The second kappa shape index (κ2) is 13.5. The second-order valence-corrected chi connectivity index (χ2v) is 13.8. The van der Waals surface area contributed by atoms with Gasteiger partial charge >= 0.3 is 5.97 Å². The molecule has 47 heavy (non-hydrogen) atoms. The summed E-state index contributed by atoms with van der Waals surface area (Å²) in [5.74, 6) is -2.22. The number of carbonyl (C=O) groups is 4. The SMILES string of the molecule is Cc1c(Cl)c(Br)cc2c(C(=O)OC(CCCl)C(=O)c3ccc(F)cc3)cc(-c3ccc(N4C(=O)C5CCC(C)CC5C4=O)cc3)nc12. The lowest BCUT2D eigenvalue weighted by atomic mass is 9.76. The summed E-state index contributed by atoms with van der Waals surface area (Å²) in [6.07, 6.45) is 1.19. The van der Waals surface area contributed by atoms with Crippen molar-refractivity contribution in [3.63, 3.8) is 0 Å². The van der Waals surface area contributed by atoms with Gasteiger partial charge in [-0.25, -0.2) is 14.2 Å². The van der Waals surface area contributed by atoms with Gasteiger partial charge in [-0.15, -0.1) is 11.6 Å². The van der Waals surface area contributed by atoms with Crippen LogP contribution in [-0.2, 0) is 14.3 Å². The molecule has 0 radical (unpaired) electrons. The molecule has 242 valence electrons. The molecule has 2 heterocycles. The molecule has 4 unspecified atom stereocenters. The lowest BCUT2D eigenvalue weighted by molar-refractivity contribution is -0.122. The molecule has 0 spiro atoms. The van der Waals surface area contributed by atoms with Crippen LogP contribution in [-0.4, -0.2) is 40.5 Å². The number of ether oxygens (including phenoxy) is 1. The Bertz CT molecular complexity index is 1920. The van der Waals surface area contributed by atoms with Crippen molar-refractivity contribution in [3.05, 3.63) is 92.7 Å². The molecule has 1 saturated heterocycles. The highest BCUT2D eigenvalue weighted by Crippen LogP contribution is 2.42. The van der Waals surface area contributed by atoms with E-state index in [2.05, 4.69) is 22.9 Å². The van der Waals surface area contributed by atoms with Crippen LogP contribution in [0.4, 0.5) is 10.1 Å². The molecule has 3 aromatic carbocycles. The minimum Gasteiger partial charge on any atom is -0.450 e. The number of rotatable bonds is 8. The van der Waals surface area contributed by atoms with Gasteiger partial charge in [0.25, 0.3) is 0 Å². The highest BCUT2D eigenvalue weighted by molar-refractivity contribution is 9.10. The zero-order valence-corrected chi connectivity index (χ0v) is 28.7. The van der Waals surface area contributed by atoms with Crippen LogP contribution in [0.25, 0.3) is 22.2 Å². The molecule has 6 rings (SSSR count). The summed E-state index contributed by atoms with van der Waals surface area (Å²) in [7, 11) is 0. The molecule has 1 aliphatic heterocycles. The van der Waals surface area contributed by atoms with E-state index in [1.54, 1.807) is 43.3 Å². The number of benzene rings is 3. The minimum absolute atomic E-state index is 0.0440. The third-order valence-electron chi connectivity index (χ3n) is 9.09. The number of ketones is 1. The average molecular weight is 740 g/mol. The largest absolute Gasteiger partial charge is 0.450 e. The summed E-state index contributed by atoms with van der Waals surface area (Å²) < 4.78 is 19.8. The van der Waals surface area contributed by atoms with Gasteiger partial charge in [-0.1, -0.05) is 30.7 Å². The number of Topliss-reactive ketones (excluding diaryl/α,β-unsaturated/α-hetero) is 1. The molecule has 7 nitrogen and oxygen atoms in total. The molecule has 0 N–H and O–H groups in total. The maximum absolute atomic E-state index is 13.8. The molecule has 0 bridgehead atoms. The Morgan fingerprint density at radius 3 is 2.40 bits per heavy atom. The maximum Gasteiger partial charge on any atom is 0.339 e. The van der Waals surface area contributed by atoms with Crippen molar-refractivity contribution in [1.82, 2.24) is 4.98 Å². The van der Waals surface area contributed by atoms with Crippen molar-refractivity contribution < 1.29 is 28.3 Å². The highest BCUT2D eigenvalue weighted by atomic mass is 79.9. The van der Waals surface area contributed by atoms with Crippen molar-refractivity contribution in [2.75, 3.05) is 10.8 Å². The summed E-state index contributed by atoms with van der Waals surface area (Å²) in [6.45, 7) is 3.89.